The zero-order valence-electron chi connectivity index (χ0n) is 11.3. The molecule has 2 nitrogen and oxygen atoms in total. The van der Waals surface area contributed by atoms with Crippen molar-refractivity contribution in [3.8, 4) is 0 Å². The summed E-state index contributed by atoms with van der Waals surface area (Å²) in [6.07, 6.45) is 5.48. The molecule has 2 unspecified atom stereocenters. The molecule has 1 N–H and O–H groups in total. The molecule has 0 radical (unpaired) electrons. The van der Waals surface area contributed by atoms with Gasteiger partial charge in [-0.3, -0.25) is 0 Å². The summed E-state index contributed by atoms with van der Waals surface area (Å²) in [5.74, 6) is -1.01. The largest absolute Gasteiger partial charge is 0.378 e. The summed E-state index contributed by atoms with van der Waals surface area (Å²) in [6, 6.07) is 3.71. The smallest absolute Gasteiger partial charge is 0.130 e. The molecule has 2 rings (SSSR count). The van der Waals surface area contributed by atoms with E-state index in [1.54, 1.807) is 7.05 Å². The standard InChI is InChI=1S/C15H21F2NO/c1-18-15(6-2-4-12-5-3-9-19-12)13-8-7-11(16)10-14(13)17/h7-8,10,12,15,18H,2-6,9H2,1H3. The van der Waals surface area contributed by atoms with Crippen molar-refractivity contribution < 1.29 is 13.5 Å². The topological polar surface area (TPSA) is 21.3 Å². The highest BCUT2D eigenvalue weighted by atomic mass is 19.1. The average molecular weight is 269 g/mol. The highest BCUT2D eigenvalue weighted by Gasteiger charge is 2.18. The SMILES string of the molecule is CNC(CCCC1CCCO1)c1ccc(F)cc1F. The van der Waals surface area contributed by atoms with Crippen molar-refractivity contribution in [3.63, 3.8) is 0 Å². The van der Waals surface area contributed by atoms with Crippen molar-refractivity contribution in [2.24, 2.45) is 0 Å². The van der Waals surface area contributed by atoms with Gasteiger partial charge in [0, 0.05) is 24.3 Å². The first-order valence-electron chi connectivity index (χ1n) is 6.94. The summed E-state index contributed by atoms with van der Waals surface area (Å²) >= 11 is 0. The van der Waals surface area contributed by atoms with Gasteiger partial charge < -0.3 is 10.1 Å². The summed E-state index contributed by atoms with van der Waals surface area (Å²) in [5, 5.41) is 3.10. The molecule has 4 heteroatoms. The first-order chi connectivity index (χ1) is 9.20. The molecule has 1 aromatic carbocycles. The molecule has 1 fully saturated rings. The first-order valence-corrected chi connectivity index (χ1v) is 6.94. The molecular weight excluding hydrogens is 248 g/mol. The van der Waals surface area contributed by atoms with E-state index < -0.39 is 11.6 Å². The number of hydrogen-bond acceptors (Lipinski definition) is 2. The van der Waals surface area contributed by atoms with Crippen molar-refractivity contribution in [1.29, 1.82) is 0 Å². The minimum absolute atomic E-state index is 0.0676. The highest BCUT2D eigenvalue weighted by molar-refractivity contribution is 5.22. The maximum absolute atomic E-state index is 13.7. The first kappa shape index (κ1) is 14.4. The Kier molecular flexibility index (Phi) is 5.28. The molecule has 19 heavy (non-hydrogen) atoms. The van der Waals surface area contributed by atoms with Crippen molar-refractivity contribution in [3.05, 3.63) is 35.4 Å². The minimum atomic E-state index is -0.532. The Bertz CT molecular complexity index is 405. The van der Waals surface area contributed by atoms with Gasteiger partial charge in [0.05, 0.1) is 6.10 Å². The molecular formula is C15H21F2NO. The zero-order valence-corrected chi connectivity index (χ0v) is 11.3. The van der Waals surface area contributed by atoms with Crippen LogP contribution in [0.1, 0.15) is 43.7 Å². The van der Waals surface area contributed by atoms with E-state index in [-0.39, 0.29) is 6.04 Å². The predicted octanol–water partition coefficient (Wildman–Crippen LogP) is 3.57. The maximum atomic E-state index is 13.7. The van der Waals surface area contributed by atoms with E-state index in [0.29, 0.717) is 11.7 Å². The molecule has 0 amide bonds. The lowest BCUT2D eigenvalue weighted by Gasteiger charge is -2.18. The van der Waals surface area contributed by atoms with Crippen molar-refractivity contribution >= 4 is 0 Å². The van der Waals surface area contributed by atoms with Crippen molar-refractivity contribution in [2.45, 2.75) is 44.2 Å². The zero-order chi connectivity index (χ0) is 13.7. The lowest BCUT2D eigenvalue weighted by Crippen LogP contribution is -2.18. The van der Waals surface area contributed by atoms with Crippen molar-refractivity contribution in [1.82, 2.24) is 5.32 Å². The van der Waals surface area contributed by atoms with Gasteiger partial charge in [-0.05, 0) is 45.2 Å². The van der Waals surface area contributed by atoms with Gasteiger partial charge in [-0.15, -0.1) is 0 Å². The summed E-state index contributed by atoms with van der Waals surface area (Å²) in [5.41, 5.74) is 0.538. The lowest BCUT2D eigenvalue weighted by atomic mass is 9.99. The van der Waals surface area contributed by atoms with Crippen LogP contribution in [0.3, 0.4) is 0 Å². The molecule has 1 aromatic rings. The van der Waals surface area contributed by atoms with Gasteiger partial charge in [-0.2, -0.15) is 0 Å². The third-order valence-electron chi connectivity index (χ3n) is 3.73. The third-order valence-corrected chi connectivity index (χ3v) is 3.73. The monoisotopic (exact) mass is 269 g/mol. The van der Waals surface area contributed by atoms with Crippen LogP contribution in [-0.4, -0.2) is 19.8 Å². The average Bonchev–Trinajstić information content (AvgIpc) is 2.89. The Morgan fingerprint density at radius 2 is 2.26 bits per heavy atom. The van der Waals surface area contributed by atoms with Gasteiger partial charge in [-0.25, -0.2) is 8.78 Å². The molecule has 1 aliphatic heterocycles. The Labute approximate surface area is 113 Å². The fourth-order valence-electron chi connectivity index (χ4n) is 2.66. The molecule has 0 bridgehead atoms. The van der Waals surface area contributed by atoms with Gasteiger partial charge in [0.25, 0.3) is 0 Å². The van der Waals surface area contributed by atoms with Gasteiger partial charge in [0.1, 0.15) is 11.6 Å². The minimum Gasteiger partial charge on any atom is -0.378 e. The molecule has 2 atom stereocenters. The number of benzene rings is 1. The Balaban J connectivity index is 1.88. The van der Waals surface area contributed by atoms with Crippen LogP contribution in [0.4, 0.5) is 8.78 Å². The quantitative estimate of drug-likeness (QED) is 0.852. The van der Waals surface area contributed by atoms with Gasteiger partial charge in [0.15, 0.2) is 0 Å². The molecule has 1 heterocycles. The van der Waals surface area contributed by atoms with E-state index in [9.17, 15) is 8.78 Å². The van der Waals surface area contributed by atoms with Crippen LogP contribution in [0.2, 0.25) is 0 Å². The molecule has 0 saturated carbocycles. The van der Waals surface area contributed by atoms with Crippen LogP contribution in [0.15, 0.2) is 18.2 Å². The summed E-state index contributed by atoms with van der Waals surface area (Å²) < 4.78 is 32.2. The highest BCUT2D eigenvalue weighted by Crippen LogP contribution is 2.25. The number of nitrogens with one attached hydrogen (secondary N) is 1. The molecule has 0 aliphatic carbocycles. The second-order valence-electron chi connectivity index (χ2n) is 5.07. The second-order valence-corrected chi connectivity index (χ2v) is 5.07. The Hall–Kier alpha value is -1.00. The maximum Gasteiger partial charge on any atom is 0.130 e. The van der Waals surface area contributed by atoms with Crippen LogP contribution in [0, 0.1) is 11.6 Å². The van der Waals surface area contributed by atoms with E-state index in [0.717, 1.165) is 44.8 Å². The van der Waals surface area contributed by atoms with Crippen molar-refractivity contribution in [2.75, 3.05) is 13.7 Å². The van der Waals surface area contributed by atoms with Crippen LogP contribution in [0.25, 0.3) is 0 Å². The van der Waals surface area contributed by atoms with E-state index in [1.807, 2.05) is 0 Å². The lowest BCUT2D eigenvalue weighted by molar-refractivity contribution is 0.101. The number of ether oxygens (including phenoxy) is 1. The fraction of sp³-hybridized carbons (Fsp3) is 0.600. The Morgan fingerprint density at radius 3 is 2.89 bits per heavy atom. The molecule has 1 saturated heterocycles. The molecule has 0 spiro atoms. The summed E-state index contributed by atoms with van der Waals surface area (Å²) in [7, 11) is 1.81. The molecule has 0 aromatic heterocycles. The van der Waals surface area contributed by atoms with Gasteiger partial charge in [-0.1, -0.05) is 6.07 Å². The number of halogens is 2. The van der Waals surface area contributed by atoms with E-state index in [1.165, 1.54) is 12.1 Å². The Morgan fingerprint density at radius 1 is 1.42 bits per heavy atom. The number of rotatable bonds is 6. The summed E-state index contributed by atoms with van der Waals surface area (Å²) in [6.45, 7) is 0.868. The van der Waals surface area contributed by atoms with Crippen LogP contribution in [0.5, 0.6) is 0 Å². The number of hydrogen-bond donors (Lipinski definition) is 1. The third kappa shape index (κ3) is 3.98. The van der Waals surface area contributed by atoms with Crippen LogP contribution >= 0.6 is 0 Å². The normalized spacial score (nSPS) is 20.7. The second kappa shape index (κ2) is 6.96. The molecule has 106 valence electrons. The van der Waals surface area contributed by atoms with E-state index >= 15 is 0 Å². The molecule has 1 aliphatic rings. The van der Waals surface area contributed by atoms with E-state index in [4.69, 9.17) is 4.74 Å². The van der Waals surface area contributed by atoms with Crippen LogP contribution in [-0.2, 0) is 4.74 Å². The van der Waals surface area contributed by atoms with Gasteiger partial charge in [0.2, 0.25) is 0 Å². The van der Waals surface area contributed by atoms with Gasteiger partial charge >= 0.3 is 0 Å². The predicted molar refractivity (Wildman–Crippen MR) is 71.0 cm³/mol. The van der Waals surface area contributed by atoms with E-state index in [2.05, 4.69) is 5.32 Å². The summed E-state index contributed by atoms with van der Waals surface area (Å²) in [4.78, 5) is 0. The van der Waals surface area contributed by atoms with Crippen LogP contribution < -0.4 is 5.32 Å². The fourth-order valence-corrected chi connectivity index (χ4v) is 2.66.